The van der Waals surface area contributed by atoms with Crippen LogP contribution in [0.3, 0.4) is 0 Å². The summed E-state index contributed by atoms with van der Waals surface area (Å²) in [5.74, 6) is -1.39. The fraction of sp³-hybridized carbons (Fsp3) is 0.250. The largest absolute Gasteiger partial charge is 0.453 e. The average molecular weight is 374 g/mol. The van der Waals surface area contributed by atoms with Gasteiger partial charge in [-0.15, -0.1) is 0 Å². The third-order valence-corrected chi connectivity index (χ3v) is 4.22. The number of nitrogens with one attached hydrogen (secondary N) is 1. The number of carbonyl (C=O) groups excluding carboxylic acids is 3. The summed E-state index contributed by atoms with van der Waals surface area (Å²) in [6, 6.07) is 11.6. The van der Waals surface area contributed by atoms with Crippen LogP contribution in [-0.2, 0) is 9.53 Å². The van der Waals surface area contributed by atoms with E-state index in [1.807, 2.05) is 19.9 Å². The Kier molecular flexibility index (Phi) is 6.52. The first-order chi connectivity index (χ1) is 12.3. The molecule has 0 bridgehead atoms. The van der Waals surface area contributed by atoms with E-state index in [4.69, 9.17) is 16.3 Å². The lowest BCUT2D eigenvalue weighted by molar-refractivity contribution is -0.145. The highest BCUT2D eigenvalue weighted by Crippen LogP contribution is 2.13. The van der Waals surface area contributed by atoms with Crippen LogP contribution in [0.15, 0.2) is 42.5 Å². The lowest BCUT2D eigenvalue weighted by Crippen LogP contribution is -2.34. The van der Waals surface area contributed by atoms with Gasteiger partial charge in [0.25, 0.3) is 5.91 Å². The molecule has 2 rings (SSSR count). The molecule has 2 aromatic carbocycles. The maximum absolute atomic E-state index is 12.4. The number of amides is 1. The van der Waals surface area contributed by atoms with Crippen molar-refractivity contribution in [3.05, 3.63) is 69.7 Å². The molecule has 5 nitrogen and oxygen atoms in total. The molecular weight excluding hydrogens is 354 g/mol. The number of ether oxygens (including phenoxy) is 1. The summed E-state index contributed by atoms with van der Waals surface area (Å²) < 4.78 is 5.12. The molecule has 0 aromatic heterocycles. The summed E-state index contributed by atoms with van der Waals surface area (Å²) in [7, 11) is 0. The van der Waals surface area contributed by atoms with Crippen LogP contribution in [0.5, 0.6) is 0 Å². The Labute approximate surface area is 157 Å². The Bertz CT molecular complexity index is 830. The van der Waals surface area contributed by atoms with Gasteiger partial charge in [0.15, 0.2) is 6.10 Å². The number of hydrogen-bond acceptors (Lipinski definition) is 4. The number of rotatable bonds is 6. The third kappa shape index (κ3) is 5.17. The standard InChI is InChI=1S/C20H20ClNO4/c1-12-4-5-16(10-13(12)2)19(24)14(3)26-18(23)11-22-20(25)15-6-8-17(21)9-7-15/h4-10,14H,11H2,1-3H3,(H,22,25)/t14-/m0/s1. The second kappa shape index (κ2) is 8.63. The molecule has 0 aliphatic rings. The van der Waals surface area contributed by atoms with Crippen molar-refractivity contribution in [2.24, 2.45) is 0 Å². The van der Waals surface area contributed by atoms with Crippen molar-refractivity contribution >= 4 is 29.3 Å². The van der Waals surface area contributed by atoms with E-state index < -0.39 is 18.0 Å². The Morgan fingerprint density at radius 2 is 1.62 bits per heavy atom. The summed E-state index contributed by atoms with van der Waals surface area (Å²) in [6.07, 6.45) is -0.933. The highest BCUT2D eigenvalue weighted by Gasteiger charge is 2.20. The van der Waals surface area contributed by atoms with E-state index in [0.29, 0.717) is 16.1 Å². The minimum Gasteiger partial charge on any atom is -0.453 e. The second-order valence-electron chi connectivity index (χ2n) is 5.98. The first kappa shape index (κ1) is 19.7. The topological polar surface area (TPSA) is 72.5 Å². The van der Waals surface area contributed by atoms with Gasteiger partial charge in [0, 0.05) is 16.1 Å². The van der Waals surface area contributed by atoms with E-state index in [2.05, 4.69) is 5.32 Å². The van der Waals surface area contributed by atoms with Crippen molar-refractivity contribution in [3.8, 4) is 0 Å². The van der Waals surface area contributed by atoms with Crippen LogP contribution in [0.2, 0.25) is 5.02 Å². The highest BCUT2D eigenvalue weighted by molar-refractivity contribution is 6.30. The van der Waals surface area contributed by atoms with Gasteiger partial charge in [-0.05, 0) is 62.2 Å². The predicted molar refractivity (Wildman–Crippen MR) is 99.6 cm³/mol. The van der Waals surface area contributed by atoms with Crippen molar-refractivity contribution in [1.82, 2.24) is 5.32 Å². The van der Waals surface area contributed by atoms with Gasteiger partial charge in [0.2, 0.25) is 5.78 Å². The molecule has 1 atom stereocenters. The van der Waals surface area contributed by atoms with E-state index in [9.17, 15) is 14.4 Å². The average Bonchev–Trinajstić information content (AvgIpc) is 2.62. The molecule has 6 heteroatoms. The Hall–Kier alpha value is -2.66. The van der Waals surface area contributed by atoms with Gasteiger partial charge in [-0.1, -0.05) is 23.7 Å². The van der Waals surface area contributed by atoms with Gasteiger partial charge in [-0.2, -0.15) is 0 Å². The SMILES string of the molecule is Cc1ccc(C(=O)[C@H](C)OC(=O)CNC(=O)c2ccc(Cl)cc2)cc1C. The summed E-state index contributed by atoms with van der Waals surface area (Å²) >= 11 is 5.76. The fourth-order valence-electron chi connectivity index (χ4n) is 2.28. The van der Waals surface area contributed by atoms with Crippen molar-refractivity contribution in [3.63, 3.8) is 0 Å². The molecular formula is C20H20ClNO4. The summed E-state index contributed by atoms with van der Waals surface area (Å²) in [4.78, 5) is 36.2. The molecule has 0 aliphatic carbocycles. The van der Waals surface area contributed by atoms with Gasteiger partial charge >= 0.3 is 5.97 Å². The maximum atomic E-state index is 12.4. The number of carbonyl (C=O) groups is 3. The van der Waals surface area contributed by atoms with E-state index in [1.54, 1.807) is 36.4 Å². The van der Waals surface area contributed by atoms with Crippen LogP contribution >= 0.6 is 11.6 Å². The van der Waals surface area contributed by atoms with Gasteiger partial charge in [-0.25, -0.2) is 0 Å². The summed E-state index contributed by atoms with van der Waals surface area (Å²) in [5.41, 5.74) is 2.93. The molecule has 0 saturated heterocycles. The van der Waals surface area contributed by atoms with Crippen molar-refractivity contribution < 1.29 is 19.1 Å². The van der Waals surface area contributed by atoms with E-state index in [1.165, 1.54) is 6.92 Å². The quantitative estimate of drug-likeness (QED) is 0.621. The molecule has 136 valence electrons. The number of hydrogen-bond donors (Lipinski definition) is 1. The predicted octanol–water partition coefficient (Wildman–Crippen LogP) is 3.50. The van der Waals surface area contributed by atoms with E-state index in [0.717, 1.165) is 11.1 Å². The molecule has 2 aromatic rings. The zero-order valence-electron chi connectivity index (χ0n) is 14.8. The second-order valence-corrected chi connectivity index (χ2v) is 6.42. The van der Waals surface area contributed by atoms with Crippen LogP contribution in [0.1, 0.15) is 38.8 Å². The van der Waals surface area contributed by atoms with E-state index >= 15 is 0 Å². The van der Waals surface area contributed by atoms with Gasteiger partial charge < -0.3 is 10.1 Å². The van der Waals surface area contributed by atoms with Gasteiger partial charge in [0.1, 0.15) is 6.54 Å². The first-order valence-corrected chi connectivity index (χ1v) is 8.50. The highest BCUT2D eigenvalue weighted by atomic mass is 35.5. The molecule has 0 aliphatic heterocycles. The number of aryl methyl sites for hydroxylation is 2. The molecule has 0 unspecified atom stereocenters. The van der Waals surface area contributed by atoms with Gasteiger partial charge in [0.05, 0.1) is 0 Å². The molecule has 1 amide bonds. The van der Waals surface area contributed by atoms with Crippen LogP contribution < -0.4 is 5.32 Å². The number of Topliss-reactive ketones (excluding diaryl/α,β-unsaturated/α-hetero) is 1. The zero-order chi connectivity index (χ0) is 19.3. The third-order valence-electron chi connectivity index (χ3n) is 3.97. The van der Waals surface area contributed by atoms with E-state index in [-0.39, 0.29) is 12.3 Å². The number of ketones is 1. The fourth-order valence-corrected chi connectivity index (χ4v) is 2.40. The molecule has 0 fully saturated rings. The molecule has 0 radical (unpaired) electrons. The van der Waals surface area contributed by atoms with Crippen LogP contribution in [0.25, 0.3) is 0 Å². The van der Waals surface area contributed by atoms with Crippen molar-refractivity contribution in [2.75, 3.05) is 6.54 Å². The minimum atomic E-state index is -0.933. The Morgan fingerprint density at radius 1 is 1.00 bits per heavy atom. The normalized spacial score (nSPS) is 11.5. The molecule has 26 heavy (non-hydrogen) atoms. The number of halogens is 1. The Morgan fingerprint density at radius 3 is 2.23 bits per heavy atom. The summed E-state index contributed by atoms with van der Waals surface area (Å²) in [6.45, 7) is 5.05. The minimum absolute atomic E-state index is 0.287. The number of esters is 1. The lowest BCUT2D eigenvalue weighted by atomic mass is 10.0. The molecule has 0 spiro atoms. The van der Waals surface area contributed by atoms with Crippen molar-refractivity contribution in [1.29, 1.82) is 0 Å². The van der Waals surface area contributed by atoms with Crippen LogP contribution in [0.4, 0.5) is 0 Å². The van der Waals surface area contributed by atoms with Crippen molar-refractivity contribution in [2.45, 2.75) is 26.9 Å². The lowest BCUT2D eigenvalue weighted by Gasteiger charge is -2.13. The molecule has 1 N–H and O–H groups in total. The van der Waals surface area contributed by atoms with Crippen LogP contribution in [0, 0.1) is 13.8 Å². The maximum Gasteiger partial charge on any atom is 0.326 e. The zero-order valence-corrected chi connectivity index (χ0v) is 15.6. The first-order valence-electron chi connectivity index (χ1n) is 8.12. The van der Waals surface area contributed by atoms with Gasteiger partial charge in [-0.3, -0.25) is 14.4 Å². The summed E-state index contributed by atoms with van der Waals surface area (Å²) in [5, 5.41) is 2.96. The number of benzene rings is 2. The molecule has 0 saturated carbocycles. The smallest absolute Gasteiger partial charge is 0.326 e. The monoisotopic (exact) mass is 373 g/mol. The Balaban J connectivity index is 1.88. The molecule has 0 heterocycles. The van der Waals surface area contributed by atoms with Crippen LogP contribution in [-0.4, -0.2) is 30.3 Å².